The van der Waals surface area contributed by atoms with Gasteiger partial charge in [-0.05, 0) is 38.1 Å². The van der Waals surface area contributed by atoms with E-state index in [1.807, 2.05) is 50.2 Å². The highest BCUT2D eigenvalue weighted by molar-refractivity contribution is 5.12. The first kappa shape index (κ1) is 14.6. The van der Waals surface area contributed by atoms with Crippen molar-refractivity contribution in [3.63, 3.8) is 0 Å². The fraction of sp³-hybridized carbons (Fsp3) is 0.375. The fourth-order valence-corrected chi connectivity index (χ4v) is 2.15. The molecule has 4 heteroatoms. The van der Waals surface area contributed by atoms with Gasteiger partial charge in [-0.3, -0.25) is 9.97 Å². The van der Waals surface area contributed by atoms with Crippen LogP contribution in [0.15, 0.2) is 36.4 Å². The van der Waals surface area contributed by atoms with Gasteiger partial charge in [0.05, 0.1) is 5.69 Å². The number of nitrogens with one attached hydrogen (secondary N) is 1. The van der Waals surface area contributed by atoms with Gasteiger partial charge < -0.3 is 11.1 Å². The smallest absolute Gasteiger partial charge is 0.0544 e. The van der Waals surface area contributed by atoms with Crippen LogP contribution in [-0.2, 0) is 13.0 Å². The molecule has 2 aromatic rings. The van der Waals surface area contributed by atoms with Crippen LogP contribution in [0.25, 0.3) is 0 Å². The molecule has 0 aliphatic carbocycles. The maximum Gasteiger partial charge on any atom is 0.0544 e. The number of aromatic nitrogens is 2. The van der Waals surface area contributed by atoms with Crippen LogP contribution in [0.1, 0.15) is 22.8 Å². The first-order chi connectivity index (χ1) is 9.67. The Labute approximate surface area is 120 Å². The second-order valence-corrected chi connectivity index (χ2v) is 5.06. The molecule has 2 rings (SSSR count). The third-order valence-electron chi connectivity index (χ3n) is 3.20. The minimum Gasteiger partial charge on any atom is -0.329 e. The van der Waals surface area contributed by atoms with Crippen LogP contribution in [0.2, 0.25) is 0 Å². The van der Waals surface area contributed by atoms with E-state index < -0.39 is 0 Å². The number of aryl methyl sites for hydroxylation is 2. The first-order valence-corrected chi connectivity index (χ1v) is 6.96. The Morgan fingerprint density at radius 3 is 2.20 bits per heavy atom. The van der Waals surface area contributed by atoms with Crippen LogP contribution in [-0.4, -0.2) is 22.6 Å². The van der Waals surface area contributed by atoms with Crippen LogP contribution < -0.4 is 11.1 Å². The van der Waals surface area contributed by atoms with Crippen molar-refractivity contribution in [1.29, 1.82) is 0 Å². The quantitative estimate of drug-likeness (QED) is 0.839. The van der Waals surface area contributed by atoms with Gasteiger partial charge in [-0.2, -0.15) is 0 Å². The lowest BCUT2D eigenvalue weighted by atomic mass is 10.1. The van der Waals surface area contributed by atoms with E-state index in [-0.39, 0.29) is 6.04 Å². The summed E-state index contributed by atoms with van der Waals surface area (Å²) in [5, 5.41) is 3.45. The van der Waals surface area contributed by atoms with Crippen molar-refractivity contribution < 1.29 is 0 Å². The van der Waals surface area contributed by atoms with Crippen molar-refractivity contribution in [2.24, 2.45) is 5.73 Å². The molecule has 0 aliphatic heterocycles. The number of rotatable bonds is 6. The van der Waals surface area contributed by atoms with Crippen molar-refractivity contribution in [2.45, 2.75) is 32.9 Å². The number of nitrogens with two attached hydrogens (primary N) is 1. The Kier molecular flexibility index (Phi) is 5.21. The Morgan fingerprint density at radius 1 is 1.00 bits per heavy atom. The fourth-order valence-electron chi connectivity index (χ4n) is 2.15. The molecule has 4 nitrogen and oxygen atoms in total. The minimum absolute atomic E-state index is 0.214. The summed E-state index contributed by atoms with van der Waals surface area (Å²) < 4.78 is 0. The molecule has 0 saturated heterocycles. The predicted octanol–water partition coefficient (Wildman–Crippen LogP) is 1.75. The molecule has 0 bridgehead atoms. The molecule has 3 N–H and O–H groups in total. The van der Waals surface area contributed by atoms with Crippen LogP contribution in [0.5, 0.6) is 0 Å². The van der Waals surface area contributed by atoms with Crippen molar-refractivity contribution in [3.8, 4) is 0 Å². The third-order valence-corrected chi connectivity index (χ3v) is 3.20. The Hall–Kier alpha value is -1.78. The summed E-state index contributed by atoms with van der Waals surface area (Å²) in [5.41, 5.74) is 10.0. The van der Waals surface area contributed by atoms with Crippen molar-refractivity contribution in [3.05, 3.63) is 59.2 Å². The van der Waals surface area contributed by atoms with Gasteiger partial charge in [0.1, 0.15) is 0 Å². The summed E-state index contributed by atoms with van der Waals surface area (Å²) >= 11 is 0. The Bertz CT molecular complexity index is 554. The molecule has 2 heterocycles. The van der Waals surface area contributed by atoms with Gasteiger partial charge in [0, 0.05) is 42.6 Å². The summed E-state index contributed by atoms with van der Waals surface area (Å²) in [6, 6.07) is 12.4. The SMILES string of the molecule is Cc1cccc(CNC(CN)Cc2cccc(C)n2)n1. The van der Waals surface area contributed by atoms with Gasteiger partial charge >= 0.3 is 0 Å². The van der Waals surface area contributed by atoms with Crippen LogP contribution in [0.4, 0.5) is 0 Å². The van der Waals surface area contributed by atoms with Gasteiger partial charge in [-0.1, -0.05) is 12.1 Å². The molecule has 0 fully saturated rings. The molecule has 0 radical (unpaired) electrons. The van der Waals surface area contributed by atoms with Crippen molar-refractivity contribution in [1.82, 2.24) is 15.3 Å². The number of pyridine rings is 2. The molecule has 1 unspecified atom stereocenters. The highest BCUT2D eigenvalue weighted by Gasteiger charge is 2.08. The standard InChI is InChI=1S/C16H22N4/c1-12-5-3-7-14(19-12)9-16(10-17)18-11-15-8-4-6-13(2)20-15/h3-8,16,18H,9-11,17H2,1-2H3. The monoisotopic (exact) mass is 270 g/mol. The van der Waals surface area contributed by atoms with Gasteiger partial charge in [0.15, 0.2) is 0 Å². The lowest BCUT2D eigenvalue weighted by Crippen LogP contribution is -2.37. The molecule has 0 amide bonds. The Morgan fingerprint density at radius 2 is 1.60 bits per heavy atom. The van der Waals surface area contributed by atoms with Crippen LogP contribution in [0.3, 0.4) is 0 Å². The molecule has 0 aliphatic rings. The summed E-state index contributed by atoms with van der Waals surface area (Å²) in [5.74, 6) is 0. The van der Waals surface area contributed by atoms with Gasteiger partial charge in [-0.15, -0.1) is 0 Å². The van der Waals surface area contributed by atoms with E-state index >= 15 is 0 Å². The van der Waals surface area contributed by atoms with Crippen LogP contribution >= 0.6 is 0 Å². The minimum atomic E-state index is 0.214. The van der Waals surface area contributed by atoms with E-state index in [0.717, 1.165) is 35.7 Å². The lowest BCUT2D eigenvalue weighted by Gasteiger charge is -2.16. The zero-order valence-electron chi connectivity index (χ0n) is 12.1. The van der Waals surface area contributed by atoms with E-state index in [2.05, 4.69) is 15.3 Å². The van der Waals surface area contributed by atoms with E-state index in [4.69, 9.17) is 5.73 Å². The summed E-state index contributed by atoms with van der Waals surface area (Å²) in [6.07, 6.45) is 0.837. The average molecular weight is 270 g/mol. The largest absolute Gasteiger partial charge is 0.329 e. The molecule has 106 valence electrons. The Balaban J connectivity index is 1.92. The lowest BCUT2D eigenvalue weighted by molar-refractivity contribution is 0.506. The predicted molar refractivity (Wildman–Crippen MR) is 81.3 cm³/mol. The zero-order valence-corrected chi connectivity index (χ0v) is 12.1. The maximum absolute atomic E-state index is 5.84. The van der Waals surface area contributed by atoms with E-state index in [1.54, 1.807) is 0 Å². The van der Waals surface area contributed by atoms with Gasteiger partial charge in [0.25, 0.3) is 0 Å². The van der Waals surface area contributed by atoms with Gasteiger partial charge in [0.2, 0.25) is 0 Å². The summed E-state index contributed by atoms with van der Waals surface area (Å²) in [7, 11) is 0. The van der Waals surface area contributed by atoms with E-state index in [0.29, 0.717) is 6.54 Å². The van der Waals surface area contributed by atoms with Crippen molar-refractivity contribution in [2.75, 3.05) is 6.54 Å². The van der Waals surface area contributed by atoms with Gasteiger partial charge in [-0.25, -0.2) is 0 Å². The highest BCUT2D eigenvalue weighted by Crippen LogP contribution is 2.03. The summed E-state index contributed by atoms with van der Waals surface area (Å²) in [6.45, 7) is 5.32. The molecule has 2 aromatic heterocycles. The maximum atomic E-state index is 5.84. The van der Waals surface area contributed by atoms with Crippen LogP contribution in [0, 0.1) is 13.8 Å². The number of nitrogens with zero attached hydrogens (tertiary/aromatic N) is 2. The molecular formula is C16H22N4. The number of hydrogen-bond donors (Lipinski definition) is 2. The third kappa shape index (κ3) is 4.40. The molecule has 0 saturated carbocycles. The molecular weight excluding hydrogens is 248 g/mol. The average Bonchev–Trinajstić information content (AvgIpc) is 2.43. The van der Waals surface area contributed by atoms with Crippen molar-refractivity contribution >= 4 is 0 Å². The molecule has 0 spiro atoms. The number of hydrogen-bond acceptors (Lipinski definition) is 4. The van der Waals surface area contributed by atoms with E-state index in [1.165, 1.54) is 0 Å². The van der Waals surface area contributed by atoms with E-state index in [9.17, 15) is 0 Å². The zero-order chi connectivity index (χ0) is 14.4. The second kappa shape index (κ2) is 7.12. The second-order valence-electron chi connectivity index (χ2n) is 5.06. The topological polar surface area (TPSA) is 63.8 Å². The molecule has 1 atom stereocenters. The molecule has 0 aromatic carbocycles. The highest BCUT2D eigenvalue weighted by atomic mass is 15.0. The normalized spacial score (nSPS) is 12.3. The first-order valence-electron chi connectivity index (χ1n) is 6.96. The molecule has 20 heavy (non-hydrogen) atoms. The summed E-state index contributed by atoms with van der Waals surface area (Å²) in [4.78, 5) is 9.00.